The van der Waals surface area contributed by atoms with Crippen molar-refractivity contribution in [3.05, 3.63) is 0 Å². The van der Waals surface area contributed by atoms with Crippen LogP contribution in [0.4, 0.5) is 0 Å². The highest BCUT2D eigenvalue weighted by atomic mass is 16.1. The highest BCUT2D eigenvalue weighted by Crippen LogP contribution is 2.16. The van der Waals surface area contributed by atoms with Crippen LogP contribution in [0.2, 0.25) is 0 Å². The second-order valence-corrected chi connectivity index (χ2v) is 2.90. The minimum Gasteiger partial charge on any atom is -0.342 e. The lowest BCUT2D eigenvalue weighted by molar-refractivity contribution is -0.121. The topological polar surface area (TPSA) is 20.3 Å². The van der Waals surface area contributed by atoms with Crippen molar-refractivity contribution in [2.45, 2.75) is 38.6 Å². The first-order chi connectivity index (χ1) is 4.88. The smallest absolute Gasteiger partial charge is 0.209 e. The van der Waals surface area contributed by atoms with Gasteiger partial charge in [0, 0.05) is 12.6 Å². The molecule has 10 heavy (non-hydrogen) atoms. The van der Waals surface area contributed by atoms with E-state index in [1.807, 2.05) is 4.90 Å². The zero-order valence-electron chi connectivity index (χ0n) is 6.55. The van der Waals surface area contributed by atoms with Crippen LogP contribution in [0, 0.1) is 0 Å². The summed E-state index contributed by atoms with van der Waals surface area (Å²) in [5.74, 6) is 0. The maximum Gasteiger partial charge on any atom is 0.209 e. The van der Waals surface area contributed by atoms with Crippen LogP contribution in [0.3, 0.4) is 0 Å². The molecular weight excluding hydrogens is 126 g/mol. The first kappa shape index (κ1) is 7.58. The number of hydrogen-bond acceptors (Lipinski definition) is 1. The van der Waals surface area contributed by atoms with E-state index in [-0.39, 0.29) is 0 Å². The molecule has 58 valence electrons. The van der Waals surface area contributed by atoms with E-state index in [0.29, 0.717) is 6.04 Å². The van der Waals surface area contributed by atoms with Gasteiger partial charge in [0.25, 0.3) is 0 Å². The molecule has 1 saturated heterocycles. The number of hydrogen-bond donors (Lipinski definition) is 0. The van der Waals surface area contributed by atoms with E-state index in [0.717, 1.165) is 19.4 Å². The SMILES string of the molecule is CC[C@@H]1CCCCN1C=O. The summed E-state index contributed by atoms with van der Waals surface area (Å²) in [4.78, 5) is 12.4. The molecule has 1 rings (SSSR count). The average Bonchev–Trinajstić information content (AvgIpc) is 2.04. The van der Waals surface area contributed by atoms with Gasteiger partial charge in [-0.15, -0.1) is 0 Å². The van der Waals surface area contributed by atoms with Crippen LogP contribution >= 0.6 is 0 Å². The third-order valence-corrected chi connectivity index (χ3v) is 2.28. The van der Waals surface area contributed by atoms with Crippen molar-refractivity contribution in [1.29, 1.82) is 0 Å². The molecule has 0 saturated carbocycles. The van der Waals surface area contributed by atoms with Crippen molar-refractivity contribution in [2.24, 2.45) is 0 Å². The number of carbonyl (C=O) groups excluding carboxylic acids is 1. The van der Waals surface area contributed by atoms with Gasteiger partial charge in [0.1, 0.15) is 0 Å². The first-order valence-corrected chi connectivity index (χ1v) is 4.09. The molecular formula is C8H15NO. The number of amides is 1. The number of likely N-dealkylation sites (tertiary alicyclic amines) is 1. The van der Waals surface area contributed by atoms with E-state index in [9.17, 15) is 4.79 Å². The Balaban J connectivity index is 2.41. The van der Waals surface area contributed by atoms with E-state index in [1.54, 1.807) is 0 Å². The van der Waals surface area contributed by atoms with Crippen LogP contribution in [0.5, 0.6) is 0 Å². The van der Waals surface area contributed by atoms with Gasteiger partial charge in [0.2, 0.25) is 6.41 Å². The van der Waals surface area contributed by atoms with Crippen LogP contribution in [-0.2, 0) is 4.79 Å². The molecule has 1 atom stereocenters. The normalized spacial score (nSPS) is 26.5. The first-order valence-electron chi connectivity index (χ1n) is 4.09. The minimum absolute atomic E-state index is 0.534. The van der Waals surface area contributed by atoms with Gasteiger partial charge < -0.3 is 4.90 Å². The largest absolute Gasteiger partial charge is 0.342 e. The van der Waals surface area contributed by atoms with Gasteiger partial charge in [0.15, 0.2) is 0 Å². The fourth-order valence-electron chi connectivity index (χ4n) is 1.60. The van der Waals surface area contributed by atoms with E-state index in [4.69, 9.17) is 0 Å². The van der Waals surface area contributed by atoms with Gasteiger partial charge in [0.05, 0.1) is 0 Å². The predicted octanol–water partition coefficient (Wildman–Crippen LogP) is 1.41. The molecule has 2 heteroatoms. The van der Waals surface area contributed by atoms with Crippen LogP contribution in [0.15, 0.2) is 0 Å². The molecule has 0 aromatic carbocycles. The Hall–Kier alpha value is -0.530. The number of carbonyl (C=O) groups is 1. The summed E-state index contributed by atoms with van der Waals surface area (Å²) >= 11 is 0. The molecule has 0 spiro atoms. The van der Waals surface area contributed by atoms with Gasteiger partial charge in [-0.25, -0.2) is 0 Å². The van der Waals surface area contributed by atoms with Crippen LogP contribution in [0.25, 0.3) is 0 Å². The quantitative estimate of drug-likeness (QED) is 0.532. The Kier molecular flexibility index (Phi) is 2.72. The maximum atomic E-state index is 10.5. The molecule has 1 aliphatic heterocycles. The molecule has 0 radical (unpaired) electrons. The van der Waals surface area contributed by atoms with Gasteiger partial charge in [-0.05, 0) is 25.7 Å². The number of rotatable bonds is 2. The van der Waals surface area contributed by atoms with Crippen molar-refractivity contribution >= 4 is 6.41 Å². The molecule has 0 aromatic rings. The Morgan fingerprint density at radius 1 is 1.60 bits per heavy atom. The summed E-state index contributed by atoms with van der Waals surface area (Å²) in [7, 11) is 0. The lowest BCUT2D eigenvalue weighted by Crippen LogP contribution is -2.37. The van der Waals surface area contributed by atoms with Crippen LogP contribution in [0.1, 0.15) is 32.6 Å². The Labute approximate surface area is 62.2 Å². The van der Waals surface area contributed by atoms with Gasteiger partial charge in [-0.3, -0.25) is 4.79 Å². The van der Waals surface area contributed by atoms with Gasteiger partial charge in [-0.2, -0.15) is 0 Å². The maximum absolute atomic E-state index is 10.5. The second-order valence-electron chi connectivity index (χ2n) is 2.90. The fraction of sp³-hybridized carbons (Fsp3) is 0.875. The molecule has 0 aromatic heterocycles. The molecule has 0 unspecified atom stereocenters. The van der Waals surface area contributed by atoms with E-state index in [1.165, 1.54) is 19.3 Å². The molecule has 1 heterocycles. The molecule has 1 amide bonds. The number of nitrogens with zero attached hydrogens (tertiary/aromatic N) is 1. The van der Waals surface area contributed by atoms with Crippen molar-refractivity contribution in [1.82, 2.24) is 4.90 Å². The standard InChI is InChI=1S/C8H15NO/c1-2-8-5-3-4-6-9(8)7-10/h7-8H,2-6H2,1H3/t8-/m1/s1. The number of piperidine rings is 1. The Bertz CT molecular complexity index is 114. The molecule has 1 aliphatic rings. The van der Waals surface area contributed by atoms with Crippen molar-refractivity contribution in [3.8, 4) is 0 Å². The summed E-state index contributed by atoms with van der Waals surface area (Å²) in [6, 6.07) is 0.534. The summed E-state index contributed by atoms with van der Waals surface area (Å²) in [6.45, 7) is 3.12. The van der Waals surface area contributed by atoms with E-state index >= 15 is 0 Å². The van der Waals surface area contributed by atoms with Gasteiger partial charge >= 0.3 is 0 Å². The third-order valence-electron chi connectivity index (χ3n) is 2.28. The second kappa shape index (κ2) is 3.59. The summed E-state index contributed by atoms with van der Waals surface area (Å²) in [5.41, 5.74) is 0. The molecule has 2 nitrogen and oxygen atoms in total. The molecule has 0 aliphatic carbocycles. The highest BCUT2D eigenvalue weighted by Gasteiger charge is 2.17. The molecule has 0 N–H and O–H groups in total. The van der Waals surface area contributed by atoms with Crippen molar-refractivity contribution in [2.75, 3.05) is 6.54 Å². The van der Waals surface area contributed by atoms with Crippen molar-refractivity contribution < 1.29 is 4.79 Å². The highest BCUT2D eigenvalue weighted by molar-refractivity contribution is 5.47. The van der Waals surface area contributed by atoms with Crippen molar-refractivity contribution in [3.63, 3.8) is 0 Å². The average molecular weight is 141 g/mol. The van der Waals surface area contributed by atoms with E-state index < -0.39 is 0 Å². The predicted molar refractivity (Wildman–Crippen MR) is 40.7 cm³/mol. The Morgan fingerprint density at radius 2 is 2.40 bits per heavy atom. The minimum atomic E-state index is 0.534. The zero-order valence-corrected chi connectivity index (χ0v) is 6.55. The lowest BCUT2D eigenvalue weighted by Gasteiger charge is -2.31. The molecule has 0 bridgehead atoms. The van der Waals surface area contributed by atoms with Crippen LogP contribution in [-0.4, -0.2) is 23.9 Å². The summed E-state index contributed by atoms with van der Waals surface area (Å²) in [6.07, 6.45) is 5.79. The third kappa shape index (κ3) is 1.49. The molecule has 1 fully saturated rings. The fourth-order valence-corrected chi connectivity index (χ4v) is 1.60. The van der Waals surface area contributed by atoms with E-state index in [2.05, 4.69) is 6.92 Å². The van der Waals surface area contributed by atoms with Gasteiger partial charge in [-0.1, -0.05) is 6.92 Å². The zero-order chi connectivity index (χ0) is 7.40. The van der Waals surface area contributed by atoms with Crippen LogP contribution < -0.4 is 0 Å². The Morgan fingerprint density at radius 3 is 2.90 bits per heavy atom. The summed E-state index contributed by atoms with van der Waals surface area (Å²) < 4.78 is 0. The monoisotopic (exact) mass is 141 g/mol. The lowest BCUT2D eigenvalue weighted by atomic mass is 10.0. The summed E-state index contributed by atoms with van der Waals surface area (Å²) in [5, 5.41) is 0.